The number of halogens is 1. The molecule has 1 saturated heterocycles. The SMILES string of the molecule is C[C@H](N)c1ccc(N2CCCOCC2)cc1Br. The van der Waals surface area contributed by atoms with Crippen molar-refractivity contribution in [2.24, 2.45) is 5.73 Å². The third-order valence-corrected chi connectivity index (χ3v) is 3.75. The van der Waals surface area contributed by atoms with E-state index in [1.807, 2.05) is 6.92 Å². The molecule has 0 amide bonds. The molecule has 1 aliphatic rings. The van der Waals surface area contributed by atoms with Crippen molar-refractivity contribution in [1.82, 2.24) is 0 Å². The molecule has 1 aromatic rings. The van der Waals surface area contributed by atoms with Crippen LogP contribution >= 0.6 is 15.9 Å². The zero-order chi connectivity index (χ0) is 12.3. The fraction of sp³-hybridized carbons (Fsp3) is 0.538. The van der Waals surface area contributed by atoms with Crippen molar-refractivity contribution >= 4 is 21.6 Å². The standard InChI is InChI=1S/C13H19BrN2O/c1-10(15)12-4-3-11(9-13(12)14)16-5-2-7-17-8-6-16/h3-4,9-10H,2,5-8,15H2,1H3/t10-/m0/s1. The fourth-order valence-corrected chi connectivity index (χ4v) is 2.81. The van der Waals surface area contributed by atoms with Gasteiger partial charge in [-0.1, -0.05) is 22.0 Å². The van der Waals surface area contributed by atoms with Crippen LogP contribution < -0.4 is 10.6 Å². The Kier molecular flexibility index (Phi) is 4.42. The van der Waals surface area contributed by atoms with E-state index >= 15 is 0 Å². The van der Waals surface area contributed by atoms with Crippen LogP contribution in [-0.2, 0) is 4.74 Å². The van der Waals surface area contributed by atoms with Crippen LogP contribution in [0.4, 0.5) is 5.69 Å². The molecule has 0 bridgehead atoms. The number of hydrogen-bond donors (Lipinski definition) is 1. The molecule has 0 aromatic heterocycles. The van der Waals surface area contributed by atoms with E-state index in [0.29, 0.717) is 0 Å². The van der Waals surface area contributed by atoms with Crippen LogP contribution in [0.25, 0.3) is 0 Å². The number of benzene rings is 1. The Labute approximate surface area is 111 Å². The van der Waals surface area contributed by atoms with Gasteiger partial charge in [0.2, 0.25) is 0 Å². The first-order valence-corrected chi connectivity index (χ1v) is 6.85. The molecule has 3 nitrogen and oxygen atoms in total. The normalized spacial score (nSPS) is 18.9. The Morgan fingerprint density at radius 1 is 1.35 bits per heavy atom. The number of nitrogens with zero attached hydrogens (tertiary/aromatic N) is 1. The fourth-order valence-electron chi connectivity index (χ4n) is 2.09. The molecule has 0 unspecified atom stereocenters. The van der Waals surface area contributed by atoms with Crippen molar-refractivity contribution in [3.05, 3.63) is 28.2 Å². The molecule has 1 atom stereocenters. The molecule has 1 aliphatic heterocycles. The van der Waals surface area contributed by atoms with E-state index in [-0.39, 0.29) is 6.04 Å². The van der Waals surface area contributed by atoms with Crippen molar-refractivity contribution in [1.29, 1.82) is 0 Å². The minimum Gasteiger partial charge on any atom is -0.380 e. The predicted molar refractivity (Wildman–Crippen MR) is 74.4 cm³/mol. The highest BCUT2D eigenvalue weighted by Gasteiger charge is 2.12. The molecule has 1 heterocycles. The van der Waals surface area contributed by atoms with Gasteiger partial charge in [0.05, 0.1) is 6.61 Å². The Morgan fingerprint density at radius 2 is 2.18 bits per heavy atom. The molecule has 0 saturated carbocycles. The third-order valence-electron chi connectivity index (χ3n) is 3.06. The maximum Gasteiger partial charge on any atom is 0.0641 e. The average molecular weight is 299 g/mol. The van der Waals surface area contributed by atoms with Gasteiger partial charge >= 0.3 is 0 Å². The summed E-state index contributed by atoms with van der Waals surface area (Å²) >= 11 is 3.60. The van der Waals surface area contributed by atoms with E-state index in [1.165, 1.54) is 5.69 Å². The zero-order valence-electron chi connectivity index (χ0n) is 10.2. The minimum absolute atomic E-state index is 0.0610. The first-order chi connectivity index (χ1) is 8.18. The van der Waals surface area contributed by atoms with Crippen molar-refractivity contribution < 1.29 is 4.74 Å². The summed E-state index contributed by atoms with van der Waals surface area (Å²) in [5, 5.41) is 0. The van der Waals surface area contributed by atoms with Gasteiger partial charge in [-0.15, -0.1) is 0 Å². The lowest BCUT2D eigenvalue weighted by Gasteiger charge is -2.23. The summed E-state index contributed by atoms with van der Waals surface area (Å²) < 4.78 is 6.56. The van der Waals surface area contributed by atoms with Gasteiger partial charge in [0, 0.05) is 35.9 Å². The van der Waals surface area contributed by atoms with E-state index in [9.17, 15) is 0 Å². The molecular formula is C13H19BrN2O. The van der Waals surface area contributed by atoms with Gasteiger partial charge in [-0.25, -0.2) is 0 Å². The maximum atomic E-state index is 5.90. The lowest BCUT2D eigenvalue weighted by molar-refractivity contribution is 0.152. The number of anilines is 1. The molecule has 0 spiro atoms. The molecule has 0 radical (unpaired) electrons. The highest BCUT2D eigenvalue weighted by molar-refractivity contribution is 9.10. The number of hydrogen-bond acceptors (Lipinski definition) is 3. The highest BCUT2D eigenvalue weighted by Crippen LogP contribution is 2.27. The molecular weight excluding hydrogens is 280 g/mol. The average Bonchev–Trinajstić information content (AvgIpc) is 2.56. The third kappa shape index (κ3) is 3.21. The number of rotatable bonds is 2. The van der Waals surface area contributed by atoms with Crippen LogP contribution in [-0.4, -0.2) is 26.3 Å². The van der Waals surface area contributed by atoms with Crippen LogP contribution in [0.1, 0.15) is 24.9 Å². The second kappa shape index (κ2) is 5.85. The van der Waals surface area contributed by atoms with Crippen molar-refractivity contribution in [3.63, 3.8) is 0 Å². The lowest BCUT2D eigenvalue weighted by atomic mass is 10.1. The summed E-state index contributed by atoms with van der Waals surface area (Å²) in [4.78, 5) is 2.36. The first-order valence-electron chi connectivity index (χ1n) is 6.06. The van der Waals surface area contributed by atoms with E-state index in [2.05, 4.69) is 39.0 Å². The summed E-state index contributed by atoms with van der Waals surface area (Å²) in [6.45, 7) is 5.70. The van der Waals surface area contributed by atoms with Gasteiger partial charge in [-0.3, -0.25) is 0 Å². The van der Waals surface area contributed by atoms with E-state index in [0.717, 1.165) is 42.8 Å². The second-order valence-electron chi connectivity index (χ2n) is 4.45. The van der Waals surface area contributed by atoms with Gasteiger partial charge in [0.1, 0.15) is 0 Å². The maximum absolute atomic E-state index is 5.90. The van der Waals surface area contributed by atoms with Gasteiger partial charge < -0.3 is 15.4 Å². The second-order valence-corrected chi connectivity index (χ2v) is 5.30. The molecule has 1 aromatic carbocycles. The smallest absolute Gasteiger partial charge is 0.0641 e. The van der Waals surface area contributed by atoms with E-state index in [1.54, 1.807) is 0 Å². The largest absolute Gasteiger partial charge is 0.380 e. The van der Waals surface area contributed by atoms with E-state index < -0.39 is 0 Å². The summed E-state index contributed by atoms with van der Waals surface area (Å²) in [6.07, 6.45) is 1.09. The molecule has 1 fully saturated rings. The summed E-state index contributed by atoms with van der Waals surface area (Å²) in [6, 6.07) is 6.47. The Hall–Kier alpha value is -0.580. The number of ether oxygens (including phenoxy) is 1. The highest BCUT2D eigenvalue weighted by atomic mass is 79.9. The topological polar surface area (TPSA) is 38.5 Å². The Morgan fingerprint density at radius 3 is 2.88 bits per heavy atom. The molecule has 17 heavy (non-hydrogen) atoms. The lowest BCUT2D eigenvalue weighted by Crippen LogP contribution is -2.25. The Bertz CT molecular complexity index is 374. The Balaban J connectivity index is 2.18. The van der Waals surface area contributed by atoms with Crippen LogP contribution in [0.2, 0.25) is 0 Å². The van der Waals surface area contributed by atoms with Crippen LogP contribution in [0.3, 0.4) is 0 Å². The van der Waals surface area contributed by atoms with Crippen molar-refractivity contribution in [3.8, 4) is 0 Å². The summed E-state index contributed by atoms with van der Waals surface area (Å²) in [5.41, 5.74) is 8.30. The number of nitrogens with two attached hydrogens (primary N) is 1. The minimum atomic E-state index is 0.0610. The monoisotopic (exact) mass is 298 g/mol. The van der Waals surface area contributed by atoms with Crippen molar-refractivity contribution in [2.45, 2.75) is 19.4 Å². The van der Waals surface area contributed by atoms with Gasteiger partial charge in [-0.05, 0) is 31.0 Å². The van der Waals surface area contributed by atoms with Gasteiger partial charge in [0.25, 0.3) is 0 Å². The van der Waals surface area contributed by atoms with Crippen LogP contribution in [0.5, 0.6) is 0 Å². The first kappa shape index (κ1) is 12.9. The zero-order valence-corrected chi connectivity index (χ0v) is 11.7. The summed E-state index contributed by atoms with van der Waals surface area (Å²) in [5.74, 6) is 0. The van der Waals surface area contributed by atoms with Gasteiger partial charge in [0.15, 0.2) is 0 Å². The van der Waals surface area contributed by atoms with Gasteiger partial charge in [-0.2, -0.15) is 0 Å². The quantitative estimate of drug-likeness (QED) is 0.912. The molecule has 4 heteroatoms. The molecule has 2 rings (SSSR count). The molecule has 0 aliphatic carbocycles. The van der Waals surface area contributed by atoms with Crippen molar-refractivity contribution in [2.75, 3.05) is 31.2 Å². The van der Waals surface area contributed by atoms with E-state index in [4.69, 9.17) is 10.5 Å². The summed E-state index contributed by atoms with van der Waals surface area (Å²) in [7, 11) is 0. The molecule has 2 N–H and O–H groups in total. The van der Waals surface area contributed by atoms with Crippen LogP contribution in [0, 0.1) is 0 Å². The van der Waals surface area contributed by atoms with Crippen LogP contribution in [0.15, 0.2) is 22.7 Å². The predicted octanol–water partition coefficient (Wildman–Crippen LogP) is 2.70. The molecule has 94 valence electrons.